The maximum atomic E-state index is 12.1. The number of para-hydroxylation sites is 1. The zero-order valence-electron chi connectivity index (χ0n) is 11.5. The topological polar surface area (TPSA) is 74.1 Å². The van der Waals surface area contributed by atoms with E-state index in [1.165, 1.54) is 7.11 Å². The number of sulfone groups is 1. The summed E-state index contributed by atoms with van der Waals surface area (Å²) in [6.07, 6.45) is 2.09. The first-order valence-corrected chi connectivity index (χ1v) is 8.00. The molecule has 0 aliphatic rings. The summed E-state index contributed by atoms with van der Waals surface area (Å²) in [4.78, 5) is 0. The molecule has 0 saturated carbocycles. The highest BCUT2D eigenvalue weighted by atomic mass is 32.2. The van der Waals surface area contributed by atoms with Gasteiger partial charge in [-0.1, -0.05) is 23.4 Å². The van der Waals surface area contributed by atoms with Gasteiger partial charge in [-0.15, -0.1) is 5.10 Å². The van der Waals surface area contributed by atoms with Gasteiger partial charge in [0.1, 0.15) is 5.75 Å². The Morgan fingerprint density at radius 1 is 1.30 bits per heavy atom. The second-order valence-corrected chi connectivity index (χ2v) is 6.72. The van der Waals surface area contributed by atoms with Crippen molar-refractivity contribution in [3.8, 4) is 5.75 Å². The average Bonchev–Trinajstić information content (AvgIpc) is 2.83. The Morgan fingerprint density at radius 2 is 2.05 bits per heavy atom. The third-order valence-corrected chi connectivity index (χ3v) is 4.46. The van der Waals surface area contributed by atoms with E-state index in [4.69, 9.17) is 4.74 Å². The monoisotopic (exact) mass is 295 g/mol. The smallest absolute Gasteiger partial charge is 0.154 e. The van der Waals surface area contributed by atoms with Gasteiger partial charge in [-0.3, -0.25) is 4.68 Å². The molecule has 0 radical (unpaired) electrons. The highest BCUT2D eigenvalue weighted by Crippen LogP contribution is 2.20. The minimum Gasteiger partial charge on any atom is -0.496 e. The van der Waals surface area contributed by atoms with Gasteiger partial charge in [-0.2, -0.15) is 0 Å². The summed E-state index contributed by atoms with van der Waals surface area (Å²) in [5.74, 6) is 0.608. The predicted molar refractivity (Wildman–Crippen MR) is 75.2 cm³/mol. The number of hydrogen-bond acceptors (Lipinski definition) is 5. The Bertz CT molecular complexity index is 680. The first kappa shape index (κ1) is 14.5. The van der Waals surface area contributed by atoms with Gasteiger partial charge in [-0.05, 0) is 6.07 Å². The Balaban J connectivity index is 2.03. The normalized spacial score (nSPS) is 11.5. The number of methoxy groups -OCH3 is 1. The van der Waals surface area contributed by atoms with Gasteiger partial charge in [0.2, 0.25) is 0 Å². The van der Waals surface area contributed by atoms with Crippen LogP contribution < -0.4 is 4.74 Å². The van der Waals surface area contributed by atoms with E-state index in [1.54, 1.807) is 36.1 Å². The lowest BCUT2D eigenvalue weighted by Gasteiger charge is -2.08. The van der Waals surface area contributed by atoms with Crippen LogP contribution in [0.2, 0.25) is 0 Å². The molecular formula is C13H17N3O3S. The minimum atomic E-state index is -3.21. The molecule has 6 nitrogen and oxygen atoms in total. The molecule has 0 atom stereocenters. The van der Waals surface area contributed by atoms with Gasteiger partial charge < -0.3 is 4.74 Å². The zero-order chi connectivity index (χ0) is 14.6. The van der Waals surface area contributed by atoms with Crippen LogP contribution in [0, 0.1) is 0 Å². The molecule has 20 heavy (non-hydrogen) atoms. The van der Waals surface area contributed by atoms with Crippen LogP contribution in [0.3, 0.4) is 0 Å². The molecule has 0 aliphatic heterocycles. The number of aromatic nitrogens is 3. The third kappa shape index (κ3) is 3.80. The molecule has 0 fully saturated rings. The molecule has 1 heterocycles. The molecule has 108 valence electrons. The quantitative estimate of drug-likeness (QED) is 0.794. The van der Waals surface area contributed by atoms with Gasteiger partial charge in [0.05, 0.1) is 24.3 Å². The molecule has 0 unspecified atom stereocenters. The third-order valence-electron chi connectivity index (χ3n) is 2.89. The Hall–Kier alpha value is -1.89. The van der Waals surface area contributed by atoms with Crippen LogP contribution in [0.1, 0.15) is 11.3 Å². The average molecular weight is 295 g/mol. The molecule has 0 aliphatic carbocycles. The van der Waals surface area contributed by atoms with Crippen LogP contribution in [-0.4, -0.2) is 36.3 Å². The number of hydrogen-bond donors (Lipinski definition) is 0. The van der Waals surface area contributed by atoms with E-state index in [9.17, 15) is 8.42 Å². The second-order valence-electron chi connectivity index (χ2n) is 4.54. The number of aryl methyl sites for hydroxylation is 2. The maximum Gasteiger partial charge on any atom is 0.154 e. The molecule has 0 bridgehead atoms. The van der Waals surface area contributed by atoms with Crippen LogP contribution in [0.25, 0.3) is 0 Å². The van der Waals surface area contributed by atoms with Gasteiger partial charge >= 0.3 is 0 Å². The van der Waals surface area contributed by atoms with Crippen molar-refractivity contribution >= 4 is 9.84 Å². The van der Waals surface area contributed by atoms with Gasteiger partial charge in [-0.25, -0.2) is 8.42 Å². The van der Waals surface area contributed by atoms with Crippen LogP contribution in [-0.2, 0) is 29.1 Å². The van der Waals surface area contributed by atoms with E-state index in [2.05, 4.69) is 10.3 Å². The van der Waals surface area contributed by atoms with E-state index >= 15 is 0 Å². The highest BCUT2D eigenvalue weighted by molar-refractivity contribution is 7.90. The summed E-state index contributed by atoms with van der Waals surface area (Å²) in [6.45, 7) is 0. The molecule has 2 rings (SSSR count). The van der Waals surface area contributed by atoms with Crippen LogP contribution in [0.5, 0.6) is 5.75 Å². The SMILES string of the molecule is COc1ccccc1CS(=O)(=O)CCc1cn(C)nn1. The van der Waals surface area contributed by atoms with E-state index < -0.39 is 9.84 Å². The summed E-state index contributed by atoms with van der Waals surface area (Å²) in [7, 11) is 0.0694. The van der Waals surface area contributed by atoms with E-state index in [-0.39, 0.29) is 11.5 Å². The van der Waals surface area contributed by atoms with E-state index in [0.29, 0.717) is 23.4 Å². The molecular weight excluding hydrogens is 278 g/mol. The molecule has 0 amide bonds. The molecule has 2 aromatic rings. The lowest BCUT2D eigenvalue weighted by Crippen LogP contribution is -2.12. The lowest BCUT2D eigenvalue weighted by molar-refractivity contribution is 0.411. The molecule has 0 N–H and O–H groups in total. The first-order chi connectivity index (χ1) is 9.50. The molecule has 0 saturated heterocycles. The zero-order valence-corrected chi connectivity index (χ0v) is 12.3. The van der Waals surface area contributed by atoms with Gasteiger partial charge in [0.15, 0.2) is 9.84 Å². The summed E-state index contributed by atoms with van der Waals surface area (Å²) >= 11 is 0. The Labute approximate surface area is 118 Å². The lowest BCUT2D eigenvalue weighted by atomic mass is 10.2. The molecule has 1 aromatic carbocycles. The highest BCUT2D eigenvalue weighted by Gasteiger charge is 2.15. The fourth-order valence-corrected chi connectivity index (χ4v) is 3.28. The van der Waals surface area contributed by atoms with Gasteiger partial charge in [0.25, 0.3) is 0 Å². The fourth-order valence-electron chi connectivity index (χ4n) is 1.90. The fraction of sp³-hybridized carbons (Fsp3) is 0.385. The Morgan fingerprint density at radius 3 is 2.70 bits per heavy atom. The van der Waals surface area contributed by atoms with E-state index in [0.717, 1.165) is 0 Å². The molecule has 1 aromatic heterocycles. The minimum absolute atomic E-state index is 0.0305. The maximum absolute atomic E-state index is 12.1. The number of benzene rings is 1. The van der Waals surface area contributed by atoms with Crippen LogP contribution >= 0.6 is 0 Å². The first-order valence-electron chi connectivity index (χ1n) is 6.18. The Kier molecular flexibility index (Phi) is 4.39. The largest absolute Gasteiger partial charge is 0.496 e. The predicted octanol–water partition coefficient (Wildman–Crippen LogP) is 0.981. The summed E-state index contributed by atoms with van der Waals surface area (Å²) in [5.41, 5.74) is 1.35. The van der Waals surface area contributed by atoms with Crippen molar-refractivity contribution in [1.82, 2.24) is 15.0 Å². The summed E-state index contributed by atoms with van der Waals surface area (Å²) in [6, 6.07) is 7.14. The second kappa shape index (κ2) is 6.04. The van der Waals surface area contributed by atoms with Gasteiger partial charge in [0, 0.05) is 25.2 Å². The molecule has 7 heteroatoms. The van der Waals surface area contributed by atoms with Crippen molar-refractivity contribution in [2.24, 2.45) is 7.05 Å². The van der Waals surface area contributed by atoms with Crippen molar-refractivity contribution in [3.63, 3.8) is 0 Å². The molecule has 0 spiro atoms. The van der Waals surface area contributed by atoms with Crippen molar-refractivity contribution in [3.05, 3.63) is 41.7 Å². The number of nitrogens with zero attached hydrogens (tertiary/aromatic N) is 3. The summed E-state index contributed by atoms with van der Waals surface area (Å²) in [5, 5.41) is 7.66. The van der Waals surface area contributed by atoms with Crippen molar-refractivity contribution in [1.29, 1.82) is 0 Å². The van der Waals surface area contributed by atoms with Crippen molar-refractivity contribution < 1.29 is 13.2 Å². The number of rotatable bonds is 6. The summed E-state index contributed by atoms with van der Waals surface area (Å²) < 4.78 is 31.0. The van der Waals surface area contributed by atoms with Crippen LogP contribution in [0.15, 0.2) is 30.5 Å². The van der Waals surface area contributed by atoms with Crippen molar-refractivity contribution in [2.75, 3.05) is 12.9 Å². The standard InChI is InChI=1S/C13H17N3O3S/c1-16-9-12(14-15-16)7-8-20(17,18)10-11-5-3-4-6-13(11)19-2/h3-6,9H,7-8,10H2,1-2H3. The van der Waals surface area contributed by atoms with E-state index in [1.807, 2.05) is 6.07 Å². The number of ether oxygens (including phenoxy) is 1. The van der Waals surface area contributed by atoms with Crippen LogP contribution in [0.4, 0.5) is 0 Å². The van der Waals surface area contributed by atoms with Crippen molar-refractivity contribution in [2.45, 2.75) is 12.2 Å².